The van der Waals surface area contributed by atoms with Crippen LogP contribution in [0.2, 0.25) is 0 Å². The summed E-state index contributed by atoms with van der Waals surface area (Å²) in [5, 5.41) is 2.07. The third-order valence-corrected chi connectivity index (χ3v) is 3.55. The fraction of sp³-hybridized carbons (Fsp3) is 0. The highest BCUT2D eigenvalue weighted by molar-refractivity contribution is 6.09. The number of pyridine rings is 1. The number of nitrogens with zero attached hydrogens (tertiary/aromatic N) is 2. The number of benzene rings is 2. The molecule has 0 spiro atoms. The van der Waals surface area contributed by atoms with Crippen molar-refractivity contribution in [3.05, 3.63) is 72.2 Å². The first kappa shape index (κ1) is 11.7. The zero-order valence-corrected chi connectivity index (χ0v) is 11.1. The average molecular weight is 270 g/mol. The van der Waals surface area contributed by atoms with Gasteiger partial charge in [-0.1, -0.05) is 30.3 Å². The molecule has 0 aliphatic heterocycles. The van der Waals surface area contributed by atoms with E-state index < -0.39 is 0 Å². The third-order valence-electron chi connectivity index (χ3n) is 3.55. The summed E-state index contributed by atoms with van der Waals surface area (Å²) in [7, 11) is 0. The van der Waals surface area contributed by atoms with E-state index in [0.29, 0.717) is 5.69 Å². The van der Waals surface area contributed by atoms with Crippen molar-refractivity contribution in [3.8, 4) is 11.3 Å². The SMILES string of the molecule is [C-]#[N+]c1ccc2c(c1)oc1c(-c3ccccn3)cccc12. The van der Waals surface area contributed by atoms with Crippen LogP contribution in [0.5, 0.6) is 0 Å². The van der Waals surface area contributed by atoms with Crippen LogP contribution >= 0.6 is 0 Å². The van der Waals surface area contributed by atoms with Crippen LogP contribution in [0.15, 0.2) is 65.2 Å². The maximum atomic E-state index is 7.10. The maximum absolute atomic E-state index is 7.10. The molecular formula is C18H10N2O. The first-order valence-electron chi connectivity index (χ1n) is 6.61. The molecule has 4 rings (SSSR count). The Balaban J connectivity index is 2.08. The lowest BCUT2D eigenvalue weighted by atomic mass is 10.1. The summed E-state index contributed by atoms with van der Waals surface area (Å²) in [6.45, 7) is 7.10. The lowest BCUT2D eigenvalue weighted by molar-refractivity contribution is 0.670. The van der Waals surface area contributed by atoms with Crippen molar-refractivity contribution >= 4 is 27.6 Å². The van der Waals surface area contributed by atoms with Gasteiger partial charge in [0.05, 0.1) is 12.3 Å². The molecule has 0 amide bonds. The van der Waals surface area contributed by atoms with Gasteiger partial charge in [-0.25, -0.2) is 4.85 Å². The van der Waals surface area contributed by atoms with Gasteiger partial charge in [-0.15, -0.1) is 0 Å². The maximum Gasteiger partial charge on any atom is 0.190 e. The summed E-state index contributed by atoms with van der Waals surface area (Å²) in [6, 6.07) is 17.4. The monoisotopic (exact) mass is 270 g/mol. The quantitative estimate of drug-likeness (QED) is 0.445. The Morgan fingerprint density at radius 1 is 0.952 bits per heavy atom. The van der Waals surface area contributed by atoms with Gasteiger partial charge in [0, 0.05) is 22.5 Å². The molecule has 2 aromatic heterocycles. The predicted molar refractivity (Wildman–Crippen MR) is 83.2 cm³/mol. The van der Waals surface area contributed by atoms with E-state index in [0.717, 1.165) is 33.2 Å². The van der Waals surface area contributed by atoms with Crippen LogP contribution in [0.3, 0.4) is 0 Å². The second-order valence-electron chi connectivity index (χ2n) is 4.79. The number of furan rings is 1. The number of para-hydroxylation sites is 1. The molecule has 0 fully saturated rings. The second kappa shape index (κ2) is 4.46. The molecule has 0 atom stereocenters. The summed E-state index contributed by atoms with van der Waals surface area (Å²) in [5.74, 6) is 0. The summed E-state index contributed by atoms with van der Waals surface area (Å²) in [5.41, 5.74) is 3.98. The molecule has 4 aromatic rings. The summed E-state index contributed by atoms with van der Waals surface area (Å²) in [6.07, 6.45) is 1.77. The third kappa shape index (κ3) is 1.78. The highest BCUT2D eigenvalue weighted by atomic mass is 16.3. The molecule has 21 heavy (non-hydrogen) atoms. The van der Waals surface area contributed by atoms with E-state index in [4.69, 9.17) is 11.0 Å². The molecule has 3 nitrogen and oxygen atoms in total. The lowest BCUT2D eigenvalue weighted by Crippen LogP contribution is -1.81. The zero-order valence-electron chi connectivity index (χ0n) is 11.1. The molecule has 98 valence electrons. The Hall–Kier alpha value is -3.12. The van der Waals surface area contributed by atoms with Crippen molar-refractivity contribution in [2.75, 3.05) is 0 Å². The zero-order chi connectivity index (χ0) is 14.2. The van der Waals surface area contributed by atoms with Gasteiger partial charge < -0.3 is 4.42 Å². The second-order valence-corrected chi connectivity index (χ2v) is 4.79. The summed E-state index contributed by atoms with van der Waals surface area (Å²) < 4.78 is 6.00. The van der Waals surface area contributed by atoms with E-state index >= 15 is 0 Å². The molecule has 0 bridgehead atoms. The molecule has 3 heteroatoms. The minimum absolute atomic E-state index is 0.584. The topological polar surface area (TPSA) is 30.4 Å². The lowest BCUT2D eigenvalue weighted by Gasteiger charge is -2.00. The number of rotatable bonds is 1. The van der Waals surface area contributed by atoms with Crippen molar-refractivity contribution < 1.29 is 4.42 Å². The fourth-order valence-corrected chi connectivity index (χ4v) is 2.58. The van der Waals surface area contributed by atoms with E-state index in [1.54, 1.807) is 12.3 Å². The molecule has 0 N–H and O–H groups in total. The van der Waals surface area contributed by atoms with Crippen LogP contribution in [0.25, 0.3) is 38.0 Å². The van der Waals surface area contributed by atoms with Gasteiger partial charge in [0.15, 0.2) is 5.69 Å². The summed E-state index contributed by atoms with van der Waals surface area (Å²) >= 11 is 0. The van der Waals surface area contributed by atoms with Gasteiger partial charge in [-0.05, 0) is 24.3 Å². The van der Waals surface area contributed by atoms with E-state index in [2.05, 4.69) is 9.83 Å². The minimum atomic E-state index is 0.584. The van der Waals surface area contributed by atoms with Crippen LogP contribution in [-0.2, 0) is 0 Å². The molecular weight excluding hydrogens is 260 g/mol. The van der Waals surface area contributed by atoms with Crippen LogP contribution < -0.4 is 0 Å². The van der Waals surface area contributed by atoms with Gasteiger partial charge in [0.2, 0.25) is 0 Å². The average Bonchev–Trinajstić information content (AvgIpc) is 2.93. The standard InChI is InChI=1S/C18H10N2O/c1-19-12-8-9-13-14-5-4-6-15(16-7-2-3-10-20-16)18(14)21-17(13)11-12/h2-11H. The smallest absolute Gasteiger partial charge is 0.190 e. The Labute approximate surface area is 121 Å². The van der Waals surface area contributed by atoms with Crippen molar-refractivity contribution in [1.82, 2.24) is 4.98 Å². The van der Waals surface area contributed by atoms with E-state index in [9.17, 15) is 0 Å². The van der Waals surface area contributed by atoms with Crippen molar-refractivity contribution in [2.24, 2.45) is 0 Å². The first-order valence-corrected chi connectivity index (χ1v) is 6.61. The normalized spacial score (nSPS) is 10.8. The Morgan fingerprint density at radius 2 is 1.90 bits per heavy atom. The summed E-state index contributed by atoms with van der Waals surface area (Å²) in [4.78, 5) is 7.84. The number of hydrogen-bond acceptors (Lipinski definition) is 2. The minimum Gasteiger partial charge on any atom is -0.457 e. The van der Waals surface area contributed by atoms with Crippen molar-refractivity contribution in [1.29, 1.82) is 0 Å². The highest BCUT2D eigenvalue weighted by Crippen LogP contribution is 2.36. The molecule has 0 unspecified atom stereocenters. The van der Waals surface area contributed by atoms with Gasteiger partial charge in [-0.3, -0.25) is 4.98 Å². The van der Waals surface area contributed by atoms with Crippen LogP contribution in [0.4, 0.5) is 5.69 Å². The van der Waals surface area contributed by atoms with Crippen molar-refractivity contribution in [2.45, 2.75) is 0 Å². The van der Waals surface area contributed by atoms with Gasteiger partial charge in [-0.2, -0.15) is 0 Å². The number of aromatic nitrogens is 1. The Morgan fingerprint density at radius 3 is 2.71 bits per heavy atom. The van der Waals surface area contributed by atoms with Crippen LogP contribution in [-0.4, -0.2) is 4.98 Å². The molecule has 0 aliphatic rings. The van der Waals surface area contributed by atoms with Gasteiger partial charge in [0.1, 0.15) is 11.2 Å². The Bertz CT molecular complexity index is 994. The van der Waals surface area contributed by atoms with E-state index in [1.807, 2.05) is 48.5 Å². The molecule has 0 radical (unpaired) electrons. The molecule has 0 saturated heterocycles. The largest absolute Gasteiger partial charge is 0.457 e. The Kier molecular flexibility index (Phi) is 2.48. The highest BCUT2D eigenvalue weighted by Gasteiger charge is 2.12. The predicted octanol–water partition coefficient (Wildman–Crippen LogP) is 5.20. The molecule has 0 aliphatic carbocycles. The van der Waals surface area contributed by atoms with Crippen LogP contribution in [0, 0.1) is 6.57 Å². The van der Waals surface area contributed by atoms with E-state index in [1.165, 1.54) is 0 Å². The fourth-order valence-electron chi connectivity index (χ4n) is 2.58. The number of fused-ring (bicyclic) bond motifs is 3. The molecule has 2 aromatic carbocycles. The van der Waals surface area contributed by atoms with Crippen molar-refractivity contribution in [3.63, 3.8) is 0 Å². The van der Waals surface area contributed by atoms with Crippen LogP contribution in [0.1, 0.15) is 0 Å². The first-order chi connectivity index (χ1) is 10.4. The van der Waals surface area contributed by atoms with Gasteiger partial charge >= 0.3 is 0 Å². The van der Waals surface area contributed by atoms with E-state index in [-0.39, 0.29) is 0 Å². The number of hydrogen-bond donors (Lipinski definition) is 0. The van der Waals surface area contributed by atoms with Gasteiger partial charge in [0.25, 0.3) is 0 Å². The molecule has 0 saturated carbocycles. The molecule has 2 heterocycles.